The van der Waals surface area contributed by atoms with Crippen LogP contribution < -0.4 is 5.19 Å². The number of hydrogen-bond acceptors (Lipinski definition) is 2. The second-order valence-electron chi connectivity index (χ2n) is 4.49. The van der Waals surface area contributed by atoms with Crippen LogP contribution in [0.15, 0.2) is 30.3 Å². The van der Waals surface area contributed by atoms with Crippen LogP contribution in [-0.4, -0.2) is 27.6 Å². The van der Waals surface area contributed by atoms with Gasteiger partial charge in [-0.05, 0) is 27.7 Å². The van der Waals surface area contributed by atoms with E-state index in [1.165, 1.54) is 5.19 Å². The van der Waals surface area contributed by atoms with Crippen LogP contribution in [0.3, 0.4) is 0 Å². The first-order valence-corrected chi connectivity index (χ1v) is 7.45. The van der Waals surface area contributed by atoms with Gasteiger partial charge < -0.3 is 9.47 Å². The van der Waals surface area contributed by atoms with Crippen LogP contribution >= 0.6 is 0 Å². The topological polar surface area (TPSA) is 18.5 Å². The van der Waals surface area contributed by atoms with Crippen molar-refractivity contribution >= 4 is 14.7 Å². The van der Waals surface area contributed by atoms with Crippen molar-refractivity contribution in [2.24, 2.45) is 0 Å². The molecule has 0 saturated heterocycles. The number of rotatable bonds is 6. The van der Waals surface area contributed by atoms with Crippen molar-refractivity contribution in [1.82, 2.24) is 0 Å². The van der Waals surface area contributed by atoms with Gasteiger partial charge >= 0.3 is 0 Å². The van der Waals surface area contributed by atoms with Gasteiger partial charge in [-0.25, -0.2) is 0 Å². The van der Waals surface area contributed by atoms with Gasteiger partial charge in [-0.1, -0.05) is 35.5 Å². The molecule has 0 radical (unpaired) electrons. The maximum atomic E-state index is 5.80. The van der Waals surface area contributed by atoms with Gasteiger partial charge in [0.2, 0.25) is 0 Å². The van der Waals surface area contributed by atoms with Crippen molar-refractivity contribution in [3.63, 3.8) is 0 Å². The van der Waals surface area contributed by atoms with E-state index < -0.39 is 9.52 Å². The monoisotopic (exact) mass is 238 g/mol. The van der Waals surface area contributed by atoms with Gasteiger partial charge in [0.15, 0.2) is 0 Å². The molecule has 0 atom stereocenters. The zero-order valence-electron chi connectivity index (χ0n) is 10.6. The Morgan fingerprint density at radius 2 is 1.38 bits per heavy atom. The Bertz CT molecular complexity index is 275. The molecule has 1 aromatic carbocycles. The van der Waals surface area contributed by atoms with E-state index in [-0.39, 0.29) is 18.1 Å². The van der Waals surface area contributed by atoms with E-state index >= 15 is 0 Å². The summed E-state index contributed by atoms with van der Waals surface area (Å²) in [6.07, 6.45) is 0.444. The van der Waals surface area contributed by atoms with Gasteiger partial charge in [0, 0.05) is 0 Å². The Morgan fingerprint density at radius 1 is 0.875 bits per heavy atom. The van der Waals surface area contributed by atoms with E-state index in [1.54, 1.807) is 0 Å². The molecular weight excluding hydrogens is 216 g/mol. The molecule has 1 aromatic rings. The zero-order chi connectivity index (χ0) is 12.0. The maximum absolute atomic E-state index is 5.80. The molecule has 0 aromatic heterocycles. The van der Waals surface area contributed by atoms with E-state index in [4.69, 9.17) is 9.47 Å². The highest BCUT2D eigenvalue weighted by molar-refractivity contribution is 6.54. The molecule has 0 bridgehead atoms. The van der Waals surface area contributed by atoms with Crippen molar-refractivity contribution in [2.45, 2.75) is 45.8 Å². The smallest absolute Gasteiger partial charge is 0.140 e. The Kier molecular flexibility index (Phi) is 5.73. The second-order valence-corrected chi connectivity index (χ2v) is 6.38. The van der Waals surface area contributed by atoms with Crippen LogP contribution in [0.5, 0.6) is 0 Å². The van der Waals surface area contributed by atoms with E-state index in [9.17, 15) is 0 Å². The predicted molar refractivity (Wildman–Crippen MR) is 70.9 cm³/mol. The summed E-state index contributed by atoms with van der Waals surface area (Å²) in [5.74, 6) is -0.0117. The Balaban J connectivity index is 2.56. The lowest BCUT2D eigenvalue weighted by molar-refractivity contribution is -0.133. The molecule has 0 heterocycles. The number of ether oxygens (including phenoxy) is 2. The quantitative estimate of drug-likeness (QED) is 0.554. The van der Waals surface area contributed by atoms with Gasteiger partial charge in [0.1, 0.15) is 15.4 Å². The van der Waals surface area contributed by atoms with Crippen LogP contribution in [0.25, 0.3) is 0 Å². The first-order chi connectivity index (χ1) is 7.58. The second kappa shape index (κ2) is 6.84. The minimum atomic E-state index is -0.527. The largest absolute Gasteiger partial charge is 0.354 e. The van der Waals surface area contributed by atoms with Crippen LogP contribution in [-0.2, 0) is 9.47 Å². The normalized spacial score (nSPS) is 12.4. The highest BCUT2D eigenvalue weighted by atomic mass is 28.2. The summed E-state index contributed by atoms with van der Waals surface area (Å²) in [5.41, 5.74) is 0. The molecule has 0 aliphatic heterocycles. The van der Waals surface area contributed by atoms with Gasteiger partial charge in [0.05, 0.1) is 12.2 Å². The van der Waals surface area contributed by atoms with Crippen LogP contribution in [0.2, 0.25) is 0 Å². The van der Waals surface area contributed by atoms with Crippen LogP contribution in [0.1, 0.15) is 27.7 Å². The molecule has 0 unspecified atom stereocenters. The standard InChI is InChI=1S/C13H22O2Si/c1-10(2)14-13(15-11(3)4)16-12-8-6-5-7-9-12/h5-11,13H,16H2,1-4H3. The fourth-order valence-electron chi connectivity index (χ4n) is 1.54. The van der Waals surface area contributed by atoms with Gasteiger partial charge in [0.25, 0.3) is 0 Å². The number of benzene rings is 1. The summed E-state index contributed by atoms with van der Waals surface area (Å²) in [6.45, 7) is 8.21. The highest BCUT2D eigenvalue weighted by Crippen LogP contribution is 2.02. The molecule has 0 saturated carbocycles. The first kappa shape index (κ1) is 13.4. The molecule has 0 spiro atoms. The summed E-state index contributed by atoms with van der Waals surface area (Å²) in [4.78, 5) is 0. The molecule has 90 valence electrons. The van der Waals surface area contributed by atoms with E-state index in [1.807, 2.05) is 6.07 Å². The van der Waals surface area contributed by atoms with Crippen molar-refractivity contribution in [1.29, 1.82) is 0 Å². The summed E-state index contributed by atoms with van der Waals surface area (Å²) >= 11 is 0. The zero-order valence-corrected chi connectivity index (χ0v) is 12.1. The molecule has 3 heteroatoms. The molecular formula is C13H22O2Si. The molecule has 0 amide bonds. The molecule has 0 fully saturated rings. The third kappa shape index (κ3) is 5.44. The minimum absolute atomic E-state index is 0.0117. The third-order valence-corrected chi connectivity index (χ3v) is 3.75. The lowest BCUT2D eigenvalue weighted by Gasteiger charge is -2.22. The van der Waals surface area contributed by atoms with E-state index in [2.05, 4.69) is 52.0 Å². The van der Waals surface area contributed by atoms with Crippen molar-refractivity contribution < 1.29 is 9.47 Å². The van der Waals surface area contributed by atoms with Gasteiger partial charge in [-0.3, -0.25) is 0 Å². The summed E-state index contributed by atoms with van der Waals surface area (Å²) in [5, 5.41) is 1.38. The molecule has 0 aliphatic rings. The summed E-state index contributed by atoms with van der Waals surface area (Å²) < 4.78 is 11.6. The summed E-state index contributed by atoms with van der Waals surface area (Å²) in [7, 11) is -0.527. The lowest BCUT2D eigenvalue weighted by Crippen LogP contribution is -2.36. The molecule has 16 heavy (non-hydrogen) atoms. The molecule has 2 nitrogen and oxygen atoms in total. The van der Waals surface area contributed by atoms with Gasteiger partial charge in [-0.15, -0.1) is 0 Å². The van der Waals surface area contributed by atoms with E-state index in [0.29, 0.717) is 0 Å². The van der Waals surface area contributed by atoms with E-state index in [0.717, 1.165) is 0 Å². The van der Waals surface area contributed by atoms with Crippen molar-refractivity contribution in [3.05, 3.63) is 30.3 Å². The average Bonchev–Trinajstić information content (AvgIpc) is 2.16. The lowest BCUT2D eigenvalue weighted by atomic mass is 10.4. The van der Waals surface area contributed by atoms with Crippen molar-refractivity contribution in [2.75, 3.05) is 0 Å². The predicted octanol–water partition coefficient (Wildman–Crippen LogP) is 1.61. The fourth-order valence-corrected chi connectivity index (χ4v) is 3.43. The summed E-state index contributed by atoms with van der Waals surface area (Å²) in [6, 6.07) is 10.5. The molecule has 0 aliphatic carbocycles. The SMILES string of the molecule is CC(C)OC(OC(C)C)[SiH2]c1ccccc1. The number of hydrogen-bond donors (Lipinski definition) is 0. The van der Waals surface area contributed by atoms with Crippen LogP contribution in [0, 0.1) is 0 Å². The Hall–Kier alpha value is -0.643. The maximum Gasteiger partial charge on any atom is 0.140 e. The fraction of sp³-hybridized carbons (Fsp3) is 0.538. The minimum Gasteiger partial charge on any atom is -0.354 e. The third-order valence-electron chi connectivity index (χ3n) is 2.09. The molecule has 0 N–H and O–H groups in total. The Morgan fingerprint density at radius 3 is 1.81 bits per heavy atom. The molecule has 1 rings (SSSR count). The van der Waals surface area contributed by atoms with Crippen LogP contribution in [0.4, 0.5) is 0 Å². The average molecular weight is 238 g/mol. The Labute approximate surface area is 101 Å². The van der Waals surface area contributed by atoms with Gasteiger partial charge in [-0.2, -0.15) is 0 Å². The van der Waals surface area contributed by atoms with Crippen molar-refractivity contribution in [3.8, 4) is 0 Å². The first-order valence-electron chi connectivity index (χ1n) is 5.92. The highest BCUT2D eigenvalue weighted by Gasteiger charge is 2.14.